The molecule has 1 aromatic carbocycles. The first-order valence-electron chi connectivity index (χ1n) is 9.61. The van der Waals surface area contributed by atoms with Gasteiger partial charge in [0.15, 0.2) is 5.78 Å². The van der Waals surface area contributed by atoms with Gasteiger partial charge in [0.2, 0.25) is 0 Å². The Morgan fingerprint density at radius 3 is 2.11 bits per heavy atom. The van der Waals surface area contributed by atoms with Gasteiger partial charge in [-0.2, -0.15) is 0 Å². The number of Topliss-reactive ketones (excluding diaryl/α,β-unsaturated/α-hetero) is 1. The fourth-order valence-electron chi connectivity index (χ4n) is 1.82. The van der Waals surface area contributed by atoms with Crippen LogP contribution < -0.4 is 5.32 Å². The molecule has 0 fully saturated rings. The van der Waals surface area contributed by atoms with Crippen molar-refractivity contribution in [1.82, 2.24) is 0 Å². The van der Waals surface area contributed by atoms with Gasteiger partial charge in [0, 0.05) is 6.42 Å². The molecule has 0 atom stereocenters. The summed E-state index contributed by atoms with van der Waals surface area (Å²) < 4.78 is 27.8. The Morgan fingerprint density at radius 2 is 1.74 bits per heavy atom. The van der Waals surface area contributed by atoms with Crippen molar-refractivity contribution in [1.29, 1.82) is 0 Å². The lowest BCUT2D eigenvalue weighted by Gasteiger charge is -2.13. The lowest BCUT2D eigenvalue weighted by Crippen LogP contribution is -2.11. The number of hydrogen-bond donors (Lipinski definition) is 1. The standard InChI is InChI=1S/C17H19F2NO.C4H10.C2H6/c1-5-12(18)17(16(21)7-3)14(6-2)20-15-9-8-11(4)10-13(15)19;1-3-4-2;1-2/h5-6,8-10,20H,2,7H2,1,3-4H3;3-4H2,1-2H3;1-2H3/b12-5+,17-14-;;. The van der Waals surface area contributed by atoms with E-state index in [0.717, 1.165) is 5.56 Å². The van der Waals surface area contributed by atoms with Gasteiger partial charge in [-0.25, -0.2) is 8.78 Å². The van der Waals surface area contributed by atoms with Gasteiger partial charge in [-0.1, -0.05) is 66.2 Å². The summed E-state index contributed by atoms with van der Waals surface area (Å²) in [6.45, 7) is 16.8. The molecule has 4 heteroatoms. The van der Waals surface area contributed by atoms with E-state index >= 15 is 0 Å². The number of anilines is 1. The fourth-order valence-corrected chi connectivity index (χ4v) is 1.82. The van der Waals surface area contributed by atoms with E-state index in [2.05, 4.69) is 25.7 Å². The smallest absolute Gasteiger partial charge is 0.167 e. The van der Waals surface area contributed by atoms with E-state index in [9.17, 15) is 13.6 Å². The number of nitrogens with one attached hydrogen (secondary N) is 1. The minimum absolute atomic E-state index is 0.116. The Balaban J connectivity index is 0. The van der Waals surface area contributed by atoms with Crippen molar-refractivity contribution in [3.05, 3.63) is 65.4 Å². The van der Waals surface area contributed by atoms with E-state index in [1.54, 1.807) is 19.9 Å². The highest BCUT2D eigenvalue weighted by molar-refractivity contribution is 6.00. The van der Waals surface area contributed by atoms with Gasteiger partial charge >= 0.3 is 0 Å². The molecule has 0 unspecified atom stereocenters. The second kappa shape index (κ2) is 16.0. The van der Waals surface area contributed by atoms with Crippen LogP contribution in [0.25, 0.3) is 0 Å². The van der Waals surface area contributed by atoms with Crippen LogP contribution in [0.5, 0.6) is 0 Å². The number of rotatable bonds is 7. The summed E-state index contributed by atoms with van der Waals surface area (Å²) in [5, 5.41) is 2.74. The second-order valence-corrected chi connectivity index (χ2v) is 5.51. The van der Waals surface area contributed by atoms with E-state index in [1.807, 2.05) is 13.8 Å². The Morgan fingerprint density at radius 1 is 1.19 bits per heavy atom. The number of ketones is 1. The van der Waals surface area contributed by atoms with Crippen molar-refractivity contribution < 1.29 is 13.6 Å². The number of halogens is 2. The molecule has 2 nitrogen and oxygen atoms in total. The zero-order valence-corrected chi connectivity index (χ0v) is 17.9. The average molecular weight is 380 g/mol. The molecule has 0 heterocycles. The maximum Gasteiger partial charge on any atom is 0.167 e. The van der Waals surface area contributed by atoms with Crippen LogP contribution in [0.1, 0.15) is 66.4 Å². The lowest BCUT2D eigenvalue weighted by molar-refractivity contribution is -0.115. The highest BCUT2D eigenvalue weighted by Crippen LogP contribution is 2.24. The summed E-state index contributed by atoms with van der Waals surface area (Å²) >= 11 is 0. The van der Waals surface area contributed by atoms with Crippen LogP contribution in [-0.4, -0.2) is 5.78 Å². The van der Waals surface area contributed by atoms with Crippen molar-refractivity contribution in [2.45, 2.75) is 67.7 Å². The van der Waals surface area contributed by atoms with Crippen LogP contribution in [0.15, 0.2) is 54.0 Å². The predicted molar refractivity (Wildman–Crippen MR) is 114 cm³/mol. The van der Waals surface area contributed by atoms with Crippen molar-refractivity contribution >= 4 is 11.5 Å². The second-order valence-electron chi connectivity index (χ2n) is 5.51. The van der Waals surface area contributed by atoms with Gasteiger partial charge < -0.3 is 5.32 Å². The number of benzene rings is 1. The van der Waals surface area contributed by atoms with Gasteiger partial charge in [0.25, 0.3) is 0 Å². The molecule has 152 valence electrons. The highest BCUT2D eigenvalue weighted by atomic mass is 19.1. The molecule has 0 aliphatic rings. The van der Waals surface area contributed by atoms with Gasteiger partial charge in [0.1, 0.15) is 11.6 Å². The molecule has 0 saturated heterocycles. The molecule has 1 N–H and O–H groups in total. The predicted octanol–water partition coefficient (Wildman–Crippen LogP) is 7.67. The number of hydrogen-bond acceptors (Lipinski definition) is 2. The summed E-state index contributed by atoms with van der Waals surface area (Å²) in [5.41, 5.74) is 0.975. The fraction of sp³-hybridized carbons (Fsp3) is 0.435. The minimum Gasteiger partial charge on any atom is -0.352 e. The molecule has 0 amide bonds. The third-order valence-corrected chi connectivity index (χ3v) is 3.46. The quantitative estimate of drug-likeness (QED) is 0.389. The highest BCUT2D eigenvalue weighted by Gasteiger charge is 2.17. The number of unbranched alkanes of at least 4 members (excludes halogenated alkanes) is 1. The number of carbonyl (C=O) groups is 1. The van der Waals surface area contributed by atoms with E-state index in [1.165, 1.54) is 44.1 Å². The zero-order valence-electron chi connectivity index (χ0n) is 17.9. The summed E-state index contributed by atoms with van der Waals surface area (Å²) in [5.74, 6) is -1.50. The van der Waals surface area contributed by atoms with Crippen molar-refractivity contribution in [2.75, 3.05) is 5.32 Å². The van der Waals surface area contributed by atoms with Crippen LogP contribution in [0.2, 0.25) is 0 Å². The average Bonchev–Trinajstić information content (AvgIpc) is 2.70. The van der Waals surface area contributed by atoms with Crippen LogP contribution >= 0.6 is 0 Å². The normalized spacial score (nSPS) is 11.2. The maximum atomic E-state index is 13.9. The van der Waals surface area contributed by atoms with Crippen molar-refractivity contribution in [3.63, 3.8) is 0 Å². The Kier molecular flexibility index (Phi) is 16.0. The zero-order chi connectivity index (χ0) is 21.4. The van der Waals surface area contributed by atoms with Crippen LogP contribution in [0.3, 0.4) is 0 Å². The maximum absolute atomic E-state index is 13.9. The lowest BCUT2D eigenvalue weighted by atomic mass is 10.0. The molecule has 0 spiro atoms. The third-order valence-electron chi connectivity index (χ3n) is 3.46. The van der Waals surface area contributed by atoms with Gasteiger partial charge in [-0.05, 0) is 37.6 Å². The summed E-state index contributed by atoms with van der Waals surface area (Å²) in [6, 6.07) is 4.62. The van der Waals surface area contributed by atoms with Gasteiger partial charge in [-0.3, -0.25) is 4.79 Å². The molecule has 0 saturated carbocycles. The van der Waals surface area contributed by atoms with E-state index < -0.39 is 11.6 Å². The van der Waals surface area contributed by atoms with Crippen molar-refractivity contribution in [3.8, 4) is 0 Å². The van der Waals surface area contributed by atoms with Crippen LogP contribution in [0, 0.1) is 12.7 Å². The molecule has 1 rings (SSSR count). The van der Waals surface area contributed by atoms with Crippen LogP contribution in [-0.2, 0) is 4.79 Å². The summed E-state index contributed by atoms with van der Waals surface area (Å²) in [4.78, 5) is 11.9. The van der Waals surface area contributed by atoms with E-state index in [-0.39, 0.29) is 29.2 Å². The Labute approximate surface area is 164 Å². The van der Waals surface area contributed by atoms with Crippen LogP contribution in [0.4, 0.5) is 14.5 Å². The van der Waals surface area contributed by atoms with Gasteiger partial charge in [0.05, 0.1) is 17.0 Å². The third kappa shape index (κ3) is 9.88. The van der Waals surface area contributed by atoms with Gasteiger partial charge in [-0.15, -0.1) is 0 Å². The molecular formula is C23H35F2NO. The molecule has 0 radical (unpaired) electrons. The molecule has 27 heavy (non-hydrogen) atoms. The number of aryl methyl sites for hydroxylation is 1. The summed E-state index contributed by atoms with van der Waals surface area (Å²) in [6.07, 6.45) is 5.29. The Bertz CT molecular complexity index is 644. The topological polar surface area (TPSA) is 29.1 Å². The largest absolute Gasteiger partial charge is 0.352 e. The SMILES string of the molecule is C=C/C(Nc1ccc(C)cc1F)=C(C(=O)CC)\C(F)=C/C.CC.CCCC. The molecule has 0 aliphatic carbocycles. The monoisotopic (exact) mass is 379 g/mol. The first-order chi connectivity index (χ1) is 12.9. The molecule has 1 aromatic rings. The first-order valence-corrected chi connectivity index (χ1v) is 9.61. The minimum atomic E-state index is -0.656. The first kappa shape index (κ1) is 27.0. The summed E-state index contributed by atoms with van der Waals surface area (Å²) in [7, 11) is 0. The number of carbonyl (C=O) groups excluding carboxylic acids is 1. The molecular weight excluding hydrogens is 344 g/mol. The molecule has 0 aromatic heterocycles. The molecule has 0 bridgehead atoms. The van der Waals surface area contributed by atoms with Crippen molar-refractivity contribution in [2.24, 2.45) is 0 Å². The van der Waals surface area contributed by atoms with E-state index in [0.29, 0.717) is 0 Å². The molecule has 0 aliphatic heterocycles. The number of allylic oxidation sites excluding steroid dienone is 4. The Hall–Kier alpha value is -2.23. The van der Waals surface area contributed by atoms with E-state index in [4.69, 9.17) is 0 Å².